The smallest absolute Gasteiger partial charge is 0.263 e. The van der Waals surface area contributed by atoms with Gasteiger partial charge in [0.25, 0.3) is 10.0 Å². The summed E-state index contributed by atoms with van der Waals surface area (Å²) in [7, 11) is -3.74. The molecule has 1 aromatic heterocycles. The first-order chi connectivity index (χ1) is 12.9. The van der Waals surface area contributed by atoms with Crippen LogP contribution in [0.2, 0.25) is 0 Å². The molecule has 3 aromatic rings. The number of aromatic hydroxyl groups is 1. The Morgan fingerprint density at radius 3 is 2.63 bits per heavy atom. The van der Waals surface area contributed by atoms with Crippen LogP contribution < -0.4 is 4.72 Å². The highest BCUT2D eigenvalue weighted by molar-refractivity contribution is 9.10. The quantitative estimate of drug-likeness (QED) is 0.531. The highest BCUT2D eigenvalue weighted by atomic mass is 79.9. The van der Waals surface area contributed by atoms with E-state index in [4.69, 9.17) is 0 Å². The van der Waals surface area contributed by atoms with E-state index in [1.54, 1.807) is 30.3 Å². The van der Waals surface area contributed by atoms with Crippen molar-refractivity contribution in [2.75, 3.05) is 4.72 Å². The van der Waals surface area contributed by atoms with Crippen LogP contribution >= 0.6 is 27.3 Å². The van der Waals surface area contributed by atoms with Crippen molar-refractivity contribution in [3.63, 3.8) is 0 Å². The minimum atomic E-state index is -3.74. The van der Waals surface area contributed by atoms with E-state index in [0.29, 0.717) is 17.7 Å². The van der Waals surface area contributed by atoms with Crippen LogP contribution in [-0.4, -0.2) is 29.9 Å². The van der Waals surface area contributed by atoms with Crippen LogP contribution in [0, 0.1) is 0 Å². The summed E-state index contributed by atoms with van der Waals surface area (Å²) in [4.78, 5) is 4.36. The predicted octanol–water partition coefficient (Wildman–Crippen LogP) is 4.12. The lowest BCUT2D eigenvalue weighted by atomic mass is 10.2. The lowest BCUT2D eigenvalue weighted by molar-refractivity contribution is 0.474. The number of benzene rings is 2. The van der Waals surface area contributed by atoms with Crippen LogP contribution in [0.3, 0.4) is 0 Å². The van der Waals surface area contributed by atoms with Crippen molar-refractivity contribution < 1.29 is 13.5 Å². The Bertz CT molecular complexity index is 1080. The third kappa shape index (κ3) is 4.90. The summed E-state index contributed by atoms with van der Waals surface area (Å²) in [5.41, 5.74) is 1.10. The normalized spacial score (nSPS) is 11.8. The number of nitrogens with zero attached hydrogens (tertiary/aromatic N) is 3. The van der Waals surface area contributed by atoms with Gasteiger partial charge in [0.1, 0.15) is 10.8 Å². The van der Waals surface area contributed by atoms with Gasteiger partial charge in [0, 0.05) is 16.3 Å². The molecule has 10 heteroatoms. The molecule has 0 bridgehead atoms. The van der Waals surface area contributed by atoms with Gasteiger partial charge in [-0.1, -0.05) is 34.2 Å². The minimum Gasteiger partial charge on any atom is -0.507 e. The number of sulfonamides is 1. The predicted molar refractivity (Wildman–Crippen MR) is 110 cm³/mol. The Hall–Kier alpha value is -2.30. The number of aromatic nitrogens is 2. The third-order valence-corrected chi connectivity index (χ3v) is 6.44. The number of rotatable bonds is 6. The number of phenols is 1. The van der Waals surface area contributed by atoms with E-state index in [-0.39, 0.29) is 15.8 Å². The molecule has 0 aliphatic rings. The lowest BCUT2D eigenvalue weighted by Crippen LogP contribution is -2.12. The maximum absolute atomic E-state index is 12.4. The second-order valence-corrected chi connectivity index (χ2v) is 9.08. The number of phenolic OH excluding ortho intramolecular Hbond substituents is 1. The van der Waals surface area contributed by atoms with Gasteiger partial charge in [-0.2, -0.15) is 0 Å². The number of nitrogens with one attached hydrogen (secondary N) is 1. The van der Waals surface area contributed by atoms with E-state index in [9.17, 15) is 13.5 Å². The van der Waals surface area contributed by atoms with E-state index in [1.165, 1.54) is 29.7 Å². The molecule has 0 radical (unpaired) electrons. The number of hydrogen-bond donors (Lipinski definition) is 2. The molecule has 2 aromatic carbocycles. The molecule has 0 amide bonds. The Morgan fingerprint density at radius 2 is 1.96 bits per heavy atom. The van der Waals surface area contributed by atoms with Gasteiger partial charge in [-0.25, -0.2) is 8.42 Å². The molecular formula is C17H15BrN4O3S2. The Labute approximate surface area is 169 Å². The number of halogens is 1. The molecule has 3 rings (SSSR count). The monoisotopic (exact) mass is 466 g/mol. The van der Waals surface area contributed by atoms with Crippen molar-refractivity contribution in [2.24, 2.45) is 4.99 Å². The average Bonchev–Trinajstić information content (AvgIpc) is 3.09. The molecule has 0 atom stereocenters. The minimum absolute atomic E-state index is 0.0972. The first-order valence-electron chi connectivity index (χ1n) is 7.85. The number of hydrogen-bond acceptors (Lipinski definition) is 7. The maximum Gasteiger partial charge on any atom is 0.263 e. The van der Waals surface area contributed by atoms with Gasteiger partial charge in [0.15, 0.2) is 0 Å². The van der Waals surface area contributed by atoms with Crippen molar-refractivity contribution >= 4 is 54.3 Å². The fraction of sp³-hybridized carbons (Fsp3) is 0.118. The van der Waals surface area contributed by atoms with Gasteiger partial charge >= 0.3 is 0 Å². The molecule has 0 unspecified atom stereocenters. The van der Waals surface area contributed by atoms with Crippen molar-refractivity contribution in [3.05, 3.63) is 57.5 Å². The fourth-order valence-electron chi connectivity index (χ4n) is 2.10. The molecule has 0 aliphatic carbocycles. The number of anilines is 1. The largest absolute Gasteiger partial charge is 0.507 e. The molecule has 0 spiro atoms. The van der Waals surface area contributed by atoms with E-state index in [0.717, 1.165) is 9.48 Å². The van der Waals surface area contributed by atoms with Gasteiger partial charge in [-0.05, 0) is 48.9 Å². The molecule has 27 heavy (non-hydrogen) atoms. The SMILES string of the molecule is CCc1nnc(NS(=O)(=O)c2ccc(N=Cc3cc(Br)ccc3O)cc2)s1. The molecule has 0 saturated carbocycles. The first kappa shape index (κ1) is 19.5. The molecule has 1 heterocycles. The van der Waals surface area contributed by atoms with E-state index in [2.05, 4.69) is 35.8 Å². The standard InChI is InChI=1S/C17H15BrN4O3S2/c1-2-16-20-21-17(26-16)22-27(24,25)14-6-4-13(5-7-14)19-10-11-9-12(18)3-8-15(11)23/h3-10,23H,2H2,1H3,(H,21,22). The second-order valence-electron chi connectivity index (χ2n) is 5.42. The van der Waals surface area contributed by atoms with Gasteiger partial charge in [0.2, 0.25) is 5.13 Å². The Balaban J connectivity index is 1.76. The number of aryl methyl sites for hydroxylation is 1. The van der Waals surface area contributed by atoms with Crippen molar-refractivity contribution in [3.8, 4) is 5.75 Å². The molecule has 0 fully saturated rings. The maximum atomic E-state index is 12.4. The molecule has 140 valence electrons. The number of aliphatic imine (C=N–C) groups is 1. The van der Waals surface area contributed by atoms with E-state index in [1.807, 2.05) is 6.92 Å². The highest BCUT2D eigenvalue weighted by Gasteiger charge is 2.16. The first-order valence-corrected chi connectivity index (χ1v) is 10.9. The Morgan fingerprint density at radius 1 is 1.22 bits per heavy atom. The summed E-state index contributed by atoms with van der Waals surface area (Å²) in [6, 6.07) is 11.1. The van der Waals surface area contributed by atoms with Crippen LogP contribution in [0.25, 0.3) is 0 Å². The molecular weight excluding hydrogens is 452 g/mol. The van der Waals surface area contributed by atoms with E-state index < -0.39 is 10.0 Å². The molecule has 0 aliphatic heterocycles. The van der Waals surface area contributed by atoms with Crippen LogP contribution in [0.5, 0.6) is 5.75 Å². The summed E-state index contributed by atoms with van der Waals surface area (Å²) < 4.78 is 28.1. The summed E-state index contributed by atoms with van der Waals surface area (Å²) in [6.45, 7) is 1.92. The lowest BCUT2D eigenvalue weighted by Gasteiger charge is -2.05. The Kier molecular flexibility index (Phi) is 5.88. The van der Waals surface area contributed by atoms with Gasteiger partial charge in [-0.3, -0.25) is 9.71 Å². The fourth-order valence-corrected chi connectivity index (χ4v) is 4.38. The molecule has 0 saturated heterocycles. The van der Waals surface area contributed by atoms with E-state index >= 15 is 0 Å². The van der Waals surface area contributed by atoms with Crippen molar-refractivity contribution in [1.29, 1.82) is 0 Å². The van der Waals surface area contributed by atoms with Gasteiger partial charge in [0.05, 0.1) is 10.6 Å². The highest BCUT2D eigenvalue weighted by Crippen LogP contribution is 2.23. The molecule has 7 nitrogen and oxygen atoms in total. The second kappa shape index (κ2) is 8.15. The van der Waals surface area contributed by atoms with Crippen molar-refractivity contribution in [1.82, 2.24) is 10.2 Å². The van der Waals surface area contributed by atoms with Crippen LogP contribution in [0.15, 0.2) is 56.8 Å². The zero-order valence-corrected chi connectivity index (χ0v) is 17.3. The van der Waals surface area contributed by atoms with Crippen LogP contribution in [0.4, 0.5) is 10.8 Å². The van der Waals surface area contributed by atoms with Crippen LogP contribution in [0.1, 0.15) is 17.5 Å². The zero-order valence-electron chi connectivity index (χ0n) is 14.1. The topological polar surface area (TPSA) is 105 Å². The summed E-state index contributed by atoms with van der Waals surface area (Å²) in [5, 5.41) is 18.5. The third-order valence-electron chi connectivity index (χ3n) is 3.48. The molecule has 2 N–H and O–H groups in total. The van der Waals surface area contributed by atoms with Gasteiger partial charge < -0.3 is 5.11 Å². The van der Waals surface area contributed by atoms with Crippen molar-refractivity contribution in [2.45, 2.75) is 18.2 Å². The zero-order chi connectivity index (χ0) is 19.4. The van der Waals surface area contributed by atoms with Gasteiger partial charge in [-0.15, -0.1) is 10.2 Å². The summed E-state index contributed by atoms with van der Waals surface area (Å²) in [5.74, 6) is 0.105. The summed E-state index contributed by atoms with van der Waals surface area (Å²) >= 11 is 4.53. The van der Waals surface area contributed by atoms with Crippen LogP contribution in [-0.2, 0) is 16.4 Å². The average molecular weight is 467 g/mol. The summed E-state index contributed by atoms with van der Waals surface area (Å²) in [6.07, 6.45) is 2.20.